The van der Waals surface area contributed by atoms with Crippen LogP contribution in [0.2, 0.25) is 0 Å². The molecule has 0 radical (unpaired) electrons. The zero-order valence-electron chi connectivity index (χ0n) is 10.0. The van der Waals surface area contributed by atoms with Crippen molar-refractivity contribution in [2.45, 2.75) is 26.7 Å². The SMILES string of the molecule is CCNc1cncc(NCC(C)C2CC2)n1. The molecule has 88 valence electrons. The molecule has 1 heterocycles. The Morgan fingerprint density at radius 3 is 2.62 bits per heavy atom. The lowest BCUT2D eigenvalue weighted by molar-refractivity contribution is 0.536. The zero-order chi connectivity index (χ0) is 11.4. The summed E-state index contributed by atoms with van der Waals surface area (Å²) in [5, 5.41) is 6.51. The van der Waals surface area contributed by atoms with Crippen molar-refractivity contribution in [1.82, 2.24) is 9.97 Å². The fourth-order valence-corrected chi connectivity index (χ4v) is 1.81. The molecular formula is C12H20N4. The van der Waals surface area contributed by atoms with Crippen molar-refractivity contribution in [1.29, 1.82) is 0 Å². The van der Waals surface area contributed by atoms with Gasteiger partial charge in [-0.2, -0.15) is 0 Å². The molecule has 2 rings (SSSR count). The number of rotatable bonds is 6. The van der Waals surface area contributed by atoms with E-state index < -0.39 is 0 Å². The van der Waals surface area contributed by atoms with Crippen molar-refractivity contribution in [3.63, 3.8) is 0 Å². The number of nitrogens with one attached hydrogen (secondary N) is 2. The molecule has 2 N–H and O–H groups in total. The third kappa shape index (κ3) is 3.08. The fraction of sp³-hybridized carbons (Fsp3) is 0.667. The van der Waals surface area contributed by atoms with Gasteiger partial charge >= 0.3 is 0 Å². The molecule has 1 aromatic heterocycles. The van der Waals surface area contributed by atoms with Gasteiger partial charge in [-0.05, 0) is 31.6 Å². The van der Waals surface area contributed by atoms with Crippen molar-refractivity contribution in [3.05, 3.63) is 12.4 Å². The van der Waals surface area contributed by atoms with Gasteiger partial charge in [0, 0.05) is 13.1 Å². The molecule has 0 spiro atoms. The molecule has 1 saturated carbocycles. The molecule has 4 nitrogen and oxygen atoms in total. The van der Waals surface area contributed by atoms with Gasteiger partial charge in [0.2, 0.25) is 0 Å². The number of nitrogens with zero attached hydrogens (tertiary/aromatic N) is 2. The van der Waals surface area contributed by atoms with E-state index in [1.54, 1.807) is 12.4 Å². The van der Waals surface area contributed by atoms with Gasteiger partial charge in [0.25, 0.3) is 0 Å². The van der Waals surface area contributed by atoms with E-state index >= 15 is 0 Å². The van der Waals surface area contributed by atoms with Gasteiger partial charge in [-0.1, -0.05) is 6.92 Å². The highest BCUT2D eigenvalue weighted by atomic mass is 15.1. The van der Waals surface area contributed by atoms with Crippen molar-refractivity contribution in [3.8, 4) is 0 Å². The lowest BCUT2D eigenvalue weighted by atomic mass is 10.1. The Labute approximate surface area is 96.9 Å². The van der Waals surface area contributed by atoms with Crippen LogP contribution in [0.25, 0.3) is 0 Å². The first-order chi connectivity index (χ1) is 7.79. The van der Waals surface area contributed by atoms with Crippen LogP contribution in [0.3, 0.4) is 0 Å². The van der Waals surface area contributed by atoms with Crippen LogP contribution in [0, 0.1) is 11.8 Å². The summed E-state index contributed by atoms with van der Waals surface area (Å²) in [4.78, 5) is 8.58. The maximum atomic E-state index is 4.43. The molecule has 1 aromatic rings. The molecule has 0 saturated heterocycles. The molecule has 0 bridgehead atoms. The van der Waals surface area contributed by atoms with Crippen LogP contribution in [0.4, 0.5) is 11.6 Å². The van der Waals surface area contributed by atoms with Crippen LogP contribution in [-0.2, 0) is 0 Å². The molecule has 16 heavy (non-hydrogen) atoms. The van der Waals surface area contributed by atoms with Gasteiger partial charge in [0.05, 0.1) is 12.4 Å². The minimum atomic E-state index is 0.740. The second-order valence-electron chi connectivity index (χ2n) is 4.52. The van der Waals surface area contributed by atoms with Gasteiger partial charge in [-0.3, -0.25) is 4.98 Å². The van der Waals surface area contributed by atoms with E-state index in [-0.39, 0.29) is 0 Å². The zero-order valence-corrected chi connectivity index (χ0v) is 10.0. The Kier molecular flexibility index (Phi) is 3.59. The molecule has 1 fully saturated rings. The summed E-state index contributed by atoms with van der Waals surface area (Å²) in [7, 11) is 0. The normalized spacial score (nSPS) is 16.9. The monoisotopic (exact) mass is 220 g/mol. The predicted octanol–water partition coefficient (Wildman–Crippen LogP) is 2.37. The second-order valence-corrected chi connectivity index (χ2v) is 4.52. The maximum absolute atomic E-state index is 4.43. The summed E-state index contributed by atoms with van der Waals surface area (Å²) >= 11 is 0. The van der Waals surface area contributed by atoms with Crippen LogP contribution >= 0.6 is 0 Å². The van der Waals surface area contributed by atoms with Crippen molar-refractivity contribution >= 4 is 11.6 Å². The van der Waals surface area contributed by atoms with Crippen LogP contribution in [0.15, 0.2) is 12.4 Å². The highest BCUT2D eigenvalue weighted by Gasteiger charge is 2.27. The molecule has 0 aliphatic heterocycles. The summed E-state index contributed by atoms with van der Waals surface area (Å²) < 4.78 is 0. The number of hydrogen-bond donors (Lipinski definition) is 2. The molecule has 1 aliphatic rings. The summed E-state index contributed by atoms with van der Waals surface area (Å²) in [6.45, 7) is 6.22. The quantitative estimate of drug-likeness (QED) is 0.772. The minimum absolute atomic E-state index is 0.740. The van der Waals surface area contributed by atoms with E-state index in [1.165, 1.54) is 12.8 Å². The second kappa shape index (κ2) is 5.14. The fourth-order valence-electron chi connectivity index (χ4n) is 1.81. The average Bonchev–Trinajstić information content (AvgIpc) is 3.11. The Morgan fingerprint density at radius 2 is 2.00 bits per heavy atom. The lowest BCUT2D eigenvalue weighted by Crippen LogP contribution is -2.14. The Balaban J connectivity index is 1.85. The molecular weight excluding hydrogens is 200 g/mol. The first kappa shape index (κ1) is 11.2. The first-order valence-electron chi connectivity index (χ1n) is 6.09. The third-order valence-corrected chi connectivity index (χ3v) is 3.02. The topological polar surface area (TPSA) is 49.8 Å². The Morgan fingerprint density at radius 1 is 1.31 bits per heavy atom. The largest absolute Gasteiger partial charge is 0.369 e. The summed E-state index contributed by atoms with van der Waals surface area (Å²) in [5.74, 6) is 3.37. The number of anilines is 2. The van der Waals surface area contributed by atoms with E-state index in [0.717, 1.165) is 36.6 Å². The highest BCUT2D eigenvalue weighted by molar-refractivity contribution is 5.41. The average molecular weight is 220 g/mol. The molecule has 0 aromatic carbocycles. The van der Waals surface area contributed by atoms with E-state index in [0.29, 0.717) is 0 Å². The van der Waals surface area contributed by atoms with E-state index in [1.807, 2.05) is 0 Å². The summed E-state index contributed by atoms with van der Waals surface area (Å²) in [6.07, 6.45) is 6.32. The van der Waals surface area contributed by atoms with E-state index in [9.17, 15) is 0 Å². The van der Waals surface area contributed by atoms with Crippen LogP contribution in [0.1, 0.15) is 26.7 Å². The summed E-state index contributed by atoms with van der Waals surface area (Å²) in [5.41, 5.74) is 0. The lowest BCUT2D eigenvalue weighted by Gasteiger charge is -2.12. The summed E-state index contributed by atoms with van der Waals surface area (Å²) in [6, 6.07) is 0. The van der Waals surface area contributed by atoms with Crippen LogP contribution < -0.4 is 10.6 Å². The Bertz CT molecular complexity index is 336. The molecule has 0 amide bonds. The van der Waals surface area contributed by atoms with Crippen LogP contribution in [-0.4, -0.2) is 23.1 Å². The Hall–Kier alpha value is -1.32. The van der Waals surface area contributed by atoms with Crippen molar-refractivity contribution < 1.29 is 0 Å². The standard InChI is InChI=1S/C12H20N4/c1-3-14-11-7-13-8-12(16-11)15-6-9(2)10-4-5-10/h7-10H,3-6H2,1-2H3,(H2,14,15,16). The number of hydrogen-bond acceptors (Lipinski definition) is 4. The smallest absolute Gasteiger partial charge is 0.146 e. The van der Waals surface area contributed by atoms with Gasteiger partial charge in [0.1, 0.15) is 11.6 Å². The molecule has 1 atom stereocenters. The first-order valence-corrected chi connectivity index (χ1v) is 6.09. The van der Waals surface area contributed by atoms with Gasteiger partial charge in [0.15, 0.2) is 0 Å². The van der Waals surface area contributed by atoms with E-state index in [2.05, 4.69) is 34.4 Å². The molecule has 1 aliphatic carbocycles. The van der Waals surface area contributed by atoms with Gasteiger partial charge < -0.3 is 10.6 Å². The van der Waals surface area contributed by atoms with Crippen molar-refractivity contribution in [2.24, 2.45) is 11.8 Å². The highest BCUT2D eigenvalue weighted by Crippen LogP contribution is 2.36. The van der Waals surface area contributed by atoms with E-state index in [4.69, 9.17) is 0 Å². The third-order valence-electron chi connectivity index (χ3n) is 3.02. The van der Waals surface area contributed by atoms with Crippen LogP contribution in [0.5, 0.6) is 0 Å². The molecule has 4 heteroatoms. The predicted molar refractivity (Wildman–Crippen MR) is 66.6 cm³/mol. The maximum Gasteiger partial charge on any atom is 0.146 e. The molecule has 1 unspecified atom stereocenters. The minimum Gasteiger partial charge on any atom is -0.369 e. The number of aromatic nitrogens is 2. The van der Waals surface area contributed by atoms with Gasteiger partial charge in [-0.15, -0.1) is 0 Å². The van der Waals surface area contributed by atoms with Gasteiger partial charge in [-0.25, -0.2) is 4.98 Å². The van der Waals surface area contributed by atoms with Crippen molar-refractivity contribution in [2.75, 3.05) is 23.7 Å².